The normalized spacial score (nSPS) is 10.6. The Morgan fingerprint density at radius 2 is 2.05 bits per heavy atom. The number of aromatic nitrogens is 3. The van der Waals surface area contributed by atoms with Crippen molar-refractivity contribution in [3.8, 4) is 0 Å². The molecule has 0 atom stereocenters. The number of halogens is 1. The van der Waals surface area contributed by atoms with Crippen LogP contribution in [0.1, 0.15) is 23.0 Å². The lowest BCUT2D eigenvalue weighted by Crippen LogP contribution is -2.40. The highest BCUT2D eigenvalue weighted by Gasteiger charge is 2.12. The molecule has 0 aliphatic carbocycles. The molecule has 0 spiro atoms. The van der Waals surface area contributed by atoms with Crippen LogP contribution in [0.2, 0.25) is 0 Å². The summed E-state index contributed by atoms with van der Waals surface area (Å²) in [6, 6.07) is 3.57. The van der Waals surface area contributed by atoms with E-state index < -0.39 is 11.2 Å². The molecule has 0 fully saturated rings. The van der Waals surface area contributed by atoms with E-state index in [1.54, 1.807) is 18.3 Å². The van der Waals surface area contributed by atoms with Crippen LogP contribution >= 0.6 is 15.9 Å². The highest BCUT2D eigenvalue weighted by Crippen LogP contribution is 2.08. The van der Waals surface area contributed by atoms with E-state index in [0.717, 1.165) is 9.04 Å². The number of hydrogen-bond acceptors (Lipinski definition) is 4. The predicted octanol–water partition coefficient (Wildman–Crippen LogP) is 0.955. The minimum absolute atomic E-state index is 0.00999. The van der Waals surface area contributed by atoms with Crippen molar-refractivity contribution in [3.63, 3.8) is 0 Å². The Labute approximate surface area is 122 Å². The van der Waals surface area contributed by atoms with Gasteiger partial charge in [-0.3, -0.25) is 23.7 Å². The van der Waals surface area contributed by atoms with Crippen LogP contribution < -0.4 is 11.2 Å². The van der Waals surface area contributed by atoms with Crippen molar-refractivity contribution in [2.45, 2.75) is 13.5 Å². The predicted molar refractivity (Wildman–Crippen MR) is 77.0 cm³/mol. The lowest BCUT2D eigenvalue weighted by Gasteiger charge is -2.09. The molecule has 104 valence electrons. The zero-order valence-corrected chi connectivity index (χ0v) is 12.5. The van der Waals surface area contributed by atoms with Crippen LogP contribution in [0.25, 0.3) is 0 Å². The molecule has 0 saturated heterocycles. The van der Waals surface area contributed by atoms with E-state index in [4.69, 9.17) is 0 Å². The quantitative estimate of drug-likeness (QED) is 0.782. The van der Waals surface area contributed by atoms with Gasteiger partial charge in [0.05, 0.1) is 17.8 Å². The summed E-state index contributed by atoms with van der Waals surface area (Å²) in [5.74, 6) is -0.372. The molecule has 0 saturated carbocycles. The Balaban J connectivity index is 2.52. The van der Waals surface area contributed by atoms with E-state index in [1.807, 2.05) is 0 Å². The highest BCUT2D eigenvalue weighted by atomic mass is 79.9. The van der Waals surface area contributed by atoms with Gasteiger partial charge >= 0.3 is 5.69 Å². The number of hydrogen-bond donors (Lipinski definition) is 0. The fourth-order valence-corrected chi connectivity index (χ4v) is 1.99. The van der Waals surface area contributed by atoms with Gasteiger partial charge in [0.15, 0.2) is 5.78 Å². The second kappa shape index (κ2) is 5.54. The van der Waals surface area contributed by atoms with Gasteiger partial charge in [-0.05, 0) is 35.0 Å². The molecule has 2 aromatic rings. The largest absolute Gasteiger partial charge is 0.331 e. The SMILES string of the molecule is CC(=O)c1cn(Cc2ccc(Br)cn2)c(=O)n(C)c1=O. The maximum absolute atomic E-state index is 12.0. The summed E-state index contributed by atoms with van der Waals surface area (Å²) in [7, 11) is 1.35. The van der Waals surface area contributed by atoms with Crippen LogP contribution in [0.3, 0.4) is 0 Å². The molecule has 0 aliphatic heterocycles. The molecule has 0 aliphatic rings. The molecule has 0 aromatic carbocycles. The third-order valence-electron chi connectivity index (χ3n) is 2.85. The van der Waals surface area contributed by atoms with E-state index >= 15 is 0 Å². The van der Waals surface area contributed by atoms with Gasteiger partial charge in [-0.15, -0.1) is 0 Å². The highest BCUT2D eigenvalue weighted by molar-refractivity contribution is 9.10. The molecular formula is C13H12BrN3O3. The summed E-state index contributed by atoms with van der Waals surface area (Å²) < 4.78 is 3.06. The number of rotatable bonds is 3. The zero-order chi connectivity index (χ0) is 14.9. The molecule has 2 heterocycles. The molecule has 7 heteroatoms. The minimum atomic E-state index is -0.581. The smallest absolute Gasteiger partial charge is 0.294 e. The number of carbonyl (C=O) groups is 1. The summed E-state index contributed by atoms with van der Waals surface area (Å²) in [6.07, 6.45) is 2.91. The fraction of sp³-hybridized carbons (Fsp3) is 0.231. The summed E-state index contributed by atoms with van der Waals surface area (Å²) in [5.41, 5.74) is -0.417. The lowest BCUT2D eigenvalue weighted by atomic mass is 10.2. The molecule has 0 radical (unpaired) electrons. The van der Waals surface area contributed by atoms with Gasteiger partial charge in [-0.2, -0.15) is 0 Å². The second-order valence-corrected chi connectivity index (χ2v) is 5.26. The van der Waals surface area contributed by atoms with Gasteiger partial charge < -0.3 is 0 Å². The second-order valence-electron chi connectivity index (χ2n) is 4.34. The first-order chi connectivity index (χ1) is 9.40. The molecular weight excluding hydrogens is 326 g/mol. The van der Waals surface area contributed by atoms with Gasteiger partial charge in [-0.1, -0.05) is 0 Å². The topological polar surface area (TPSA) is 74.0 Å². The Morgan fingerprint density at radius 1 is 1.35 bits per heavy atom. The zero-order valence-electron chi connectivity index (χ0n) is 11.0. The Hall–Kier alpha value is -2.02. The van der Waals surface area contributed by atoms with Gasteiger partial charge in [0.2, 0.25) is 0 Å². The van der Waals surface area contributed by atoms with Crippen molar-refractivity contribution < 1.29 is 4.79 Å². The Kier molecular flexibility index (Phi) is 3.99. The van der Waals surface area contributed by atoms with Crippen LogP contribution in [0, 0.1) is 0 Å². The third-order valence-corrected chi connectivity index (χ3v) is 3.32. The van der Waals surface area contributed by atoms with E-state index in [-0.39, 0.29) is 17.9 Å². The number of ketones is 1. The average Bonchev–Trinajstić information content (AvgIpc) is 2.41. The summed E-state index contributed by atoms with van der Waals surface area (Å²) in [5, 5.41) is 0. The van der Waals surface area contributed by atoms with Crippen molar-refractivity contribution in [1.29, 1.82) is 0 Å². The third kappa shape index (κ3) is 2.77. The van der Waals surface area contributed by atoms with Crippen LogP contribution in [-0.2, 0) is 13.6 Å². The number of pyridine rings is 1. The number of carbonyl (C=O) groups excluding carboxylic acids is 1. The van der Waals surface area contributed by atoms with Crippen molar-refractivity contribution >= 4 is 21.7 Å². The summed E-state index contributed by atoms with van der Waals surface area (Å²) in [4.78, 5) is 39.4. The molecule has 0 amide bonds. The Morgan fingerprint density at radius 3 is 2.60 bits per heavy atom. The van der Waals surface area contributed by atoms with Crippen molar-refractivity contribution in [2.24, 2.45) is 7.05 Å². The van der Waals surface area contributed by atoms with Gasteiger partial charge in [-0.25, -0.2) is 4.79 Å². The van der Waals surface area contributed by atoms with Crippen molar-refractivity contribution in [1.82, 2.24) is 14.1 Å². The van der Waals surface area contributed by atoms with Gasteiger partial charge in [0, 0.05) is 23.9 Å². The van der Waals surface area contributed by atoms with Gasteiger partial charge in [0.1, 0.15) is 0 Å². The maximum atomic E-state index is 12.0. The summed E-state index contributed by atoms with van der Waals surface area (Å²) in [6.45, 7) is 1.49. The first-order valence-electron chi connectivity index (χ1n) is 5.82. The van der Waals surface area contributed by atoms with E-state index in [0.29, 0.717) is 5.69 Å². The van der Waals surface area contributed by atoms with E-state index in [1.165, 1.54) is 24.7 Å². The first kappa shape index (κ1) is 14.4. The number of nitrogens with zero attached hydrogens (tertiary/aromatic N) is 3. The van der Waals surface area contributed by atoms with E-state index in [9.17, 15) is 14.4 Å². The molecule has 0 N–H and O–H groups in total. The van der Waals surface area contributed by atoms with Crippen LogP contribution in [0.5, 0.6) is 0 Å². The maximum Gasteiger partial charge on any atom is 0.331 e. The van der Waals surface area contributed by atoms with E-state index in [2.05, 4.69) is 20.9 Å². The van der Waals surface area contributed by atoms with Crippen molar-refractivity contribution in [2.75, 3.05) is 0 Å². The average molecular weight is 338 g/mol. The molecule has 0 unspecified atom stereocenters. The van der Waals surface area contributed by atoms with Crippen molar-refractivity contribution in [3.05, 3.63) is 61.1 Å². The standard InChI is InChI=1S/C13H12BrN3O3/c1-8(18)11-7-17(13(20)16(2)12(11)19)6-10-4-3-9(14)5-15-10/h3-5,7H,6H2,1-2H3. The minimum Gasteiger partial charge on any atom is -0.294 e. The lowest BCUT2D eigenvalue weighted by molar-refractivity contribution is 0.101. The first-order valence-corrected chi connectivity index (χ1v) is 6.61. The molecule has 2 rings (SSSR count). The Bertz CT molecular complexity index is 775. The monoisotopic (exact) mass is 337 g/mol. The molecule has 6 nitrogen and oxygen atoms in total. The molecule has 2 aromatic heterocycles. The van der Waals surface area contributed by atoms with Crippen LogP contribution in [0.15, 0.2) is 38.6 Å². The van der Waals surface area contributed by atoms with Crippen LogP contribution in [-0.4, -0.2) is 19.9 Å². The number of Topliss-reactive ketones (excluding diaryl/α,β-unsaturated/α-hetero) is 1. The molecule has 0 bridgehead atoms. The van der Waals surface area contributed by atoms with Gasteiger partial charge in [0.25, 0.3) is 5.56 Å². The van der Waals surface area contributed by atoms with Crippen LogP contribution in [0.4, 0.5) is 0 Å². The summed E-state index contributed by atoms with van der Waals surface area (Å²) >= 11 is 3.28. The molecule has 20 heavy (non-hydrogen) atoms. The fourth-order valence-electron chi connectivity index (χ4n) is 1.76.